The van der Waals surface area contributed by atoms with Crippen LogP contribution in [0.3, 0.4) is 0 Å². The molecule has 0 aromatic heterocycles. The highest BCUT2D eigenvalue weighted by molar-refractivity contribution is 5.73. The van der Waals surface area contributed by atoms with Gasteiger partial charge in [0.2, 0.25) is 0 Å². The Bertz CT molecular complexity index is 451. The fraction of sp³-hybridized carbons (Fsp3) is 0.429. The molecule has 7 heteroatoms. The lowest BCUT2D eigenvalue weighted by Crippen LogP contribution is -2.37. The molecule has 1 aromatic carbocycles. The highest BCUT2D eigenvalue weighted by Gasteiger charge is 2.01. The quantitative estimate of drug-likeness (QED) is 0.606. The molecule has 0 spiro atoms. The van der Waals surface area contributed by atoms with E-state index in [2.05, 4.69) is 10.6 Å². The van der Waals surface area contributed by atoms with Crippen molar-refractivity contribution in [3.63, 3.8) is 0 Å². The van der Waals surface area contributed by atoms with Crippen molar-refractivity contribution in [1.29, 1.82) is 0 Å². The van der Waals surface area contributed by atoms with E-state index in [1.54, 1.807) is 0 Å². The maximum Gasteiger partial charge on any atom is 0.314 e. The minimum atomic E-state index is -0.879. The number of urea groups is 1. The number of benzene rings is 1. The second-order valence-corrected chi connectivity index (χ2v) is 4.34. The number of rotatable bonds is 9. The maximum absolute atomic E-state index is 12.6. The third-order valence-corrected chi connectivity index (χ3v) is 2.54. The van der Waals surface area contributed by atoms with Gasteiger partial charge in [-0.25, -0.2) is 9.18 Å². The molecule has 2 amide bonds. The first-order valence-corrected chi connectivity index (χ1v) is 6.70. The van der Waals surface area contributed by atoms with Crippen LogP contribution >= 0.6 is 0 Å². The van der Waals surface area contributed by atoms with E-state index in [0.29, 0.717) is 38.3 Å². The van der Waals surface area contributed by atoms with Crippen LogP contribution in [-0.4, -0.2) is 36.8 Å². The van der Waals surface area contributed by atoms with Crippen LogP contribution in [0.5, 0.6) is 5.75 Å². The second-order valence-electron chi connectivity index (χ2n) is 4.34. The minimum Gasteiger partial charge on any atom is -0.494 e. The Balaban J connectivity index is 1.99. The highest BCUT2D eigenvalue weighted by atomic mass is 19.1. The zero-order chi connectivity index (χ0) is 15.5. The summed E-state index contributed by atoms with van der Waals surface area (Å²) in [6.45, 7) is 1.17. The summed E-state index contributed by atoms with van der Waals surface area (Å²) < 4.78 is 18.0. The largest absolute Gasteiger partial charge is 0.494 e. The van der Waals surface area contributed by atoms with Crippen LogP contribution in [0, 0.1) is 5.82 Å². The summed E-state index contributed by atoms with van der Waals surface area (Å²) in [5.74, 6) is -0.617. The Labute approximate surface area is 122 Å². The molecule has 6 nitrogen and oxygen atoms in total. The average molecular weight is 298 g/mol. The fourth-order valence-electron chi connectivity index (χ4n) is 1.50. The summed E-state index contributed by atoms with van der Waals surface area (Å²) in [6, 6.07) is 5.38. The van der Waals surface area contributed by atoms with Gasteiger partial charge < -0.3 is 20.5 Å². The van der Waals surface area contributed by atoms with Crippen LogP contribution in [0.15, 0.2) is 24.3 Å². The topological polar surface area (TPSA) is 87.7 Å². The van der Waals surface area contributed by atoms with E-state index < -0.39 is 5.97 Å². The molecule has 0 aliphatic heterocycles. The predicted octanol–water partition coefficient (Wildman–Crippen LogP) is 1.76. The number of ether oxygens (including phenoxy) is 1. The third kappa shape index (κ3) is 8.46. The molecular weight excluding hydrogens is 279 g/mol. The predicted molar refractivity (Wildman–Crippen MR) is 74.8 cm³/mol. The number of carbonyl (C=O) groups is 2. The number of hydrogen-bond acceptors (Lipinski definition) is 3. The SMILES string of the molecule is O=C(O)CCCNC(=O)NCCCOc1ccc(F)cc1. The molecule has 0 atom stereocenters. The lowest BCUT2D eigenvalue weighted by molar-refractivity contribution is -0.137. The number of hydrogen-bond donors (Lipinski definition) is 3. The zero-order valence-corrected chi connectivity index (χ0v) is 11.6. The standard InChI is InChI=1S/C14H19FN2O4/c15-11-4-6-12(7-5-11)21-10-2-9-17-14(20)16-8-1-3-13(18)19/h4-7H,1-3,8-10H2,(H,18,19)(H2,16,17,20). The number of carboxylic acids is 1. The van der Waals surface area contributed by atoms with Gasteiger partial charge in [0, 0.05) is 19.5 Å². The van der Waals surface area contributed by atoms with Crippen molar-refractivity contribution < 1.29 is 23.8 Å². The van der Waals surface area contributed by atoms with Crippen LogP contribution < -0.4 is 15.4 Å². The molecule has 3 N–H and O–H groups in total. The first kappa shape index (κ1) is 16.7. The molecule has 0 saturated heterocycles. The summed E-state index contributed by atoms with van der Waals surface area (Å²) in [4.78, 5) is 21.6. The number of carbonyl (C=O) groups excluding carboxylic acids is 1. The molecule has 0 saturated carbocycles. The average Bonchev–Trinajstić information content (AvgIpc) is 2.45. The zero-order valence-electron chi connectivity index (χ0n) is 11.6. The monoisotopic (exact) mass is 298 g/mol. The van der Waals surface area contributed by atoms with Gasteiger partial charge in [-0.15, -0.1) is 0 Å². The molecule has 0 unspecified atom stereocenters. The lowest BCUT2D eigenvalue weighted by Gasteiger charge is -2.08. The van der Waals surface area contributed by atoms with Crippen LogP contribution in [0.4, 0.5) is 9.18 Å². The number of aliphatic carboxylic acids is 1. The summed E-state index contributed by atoms with van der Waals surface area (Å²) in [5.41, 5.74) is 0. The Kier molecular flexibility index (Phi) is 7.63. The molecule has 0 fully saturated rings. The number of amides is 2. The summed E-state index contributed by atoms with van der Waals surface area (Å²) in [6.07, 6.45) is 1.04. The number of halogens is 1. The van der Waals surface area contributed by atoms with Crippen molar-refractivity contribution >= 4 is 12.0 Å². The van der Waals surface area contributed by atoms with E-state index in [4.69, 9.17) is 9.84 Å². The van der Waals surface area contributed by atoms with E-state index in [1.807, 2.05) is 0 Å². The smallest absolute Gasteiger partial charge is 0.314 e. The lowest BCUT2D eigenvalue weighted by atomic mass is 10.3. The van der Waals surface area contributed by atoms with Gasteiger partial charge in [0.15, 0.2) is 0 Å². The molecule has 0 heterocycles. The fourth-order valence-corrected chi connectivity index (χ4v) is 1.50. The maximum atomic E-state index is 12.6. The molecule has 116 valence electrons. The molecule has 1 rings (SSSR count). The van der Waals surface area contributed by atoms with Crippen LogP contribution in [0.25, 0.3) is 0 Å². The van der Waals surface area contributed by atoms with Gasteiger partial charge in [0.05, 0.1) is 6.61 Å². The van der Waals surface area contributed by atoms with Crippen molar-refractivity contribution in [1.82, 2.24) is 10.6 Å². The van der Waals surface area contributed by atoms with Crippen molar-refractivity contribution in [3.8, 4) is 5.75 Å². The van der Waals surface area contributed by atoms with Gasteiger partial charge in [-0.05, 0) is 37.1 Å². The summed E-state index contributed by atoms with van der Waals surface area (Å²) in [5, 5.41) is 13.6. The Morgan fingerprint density at radius 3 is 2.33 bits per heavy atom. The normalized spacial score (nSPS) is 9.95. The van der Waals surface area contributed by atoms with Crippen molar-refractivity contribution in [2.75, 3.05) is 19.7 Å². The van der Waals surface area contributed by atoms with E-state index in [0.717, 1.165) is 0 Å². The molecule has 21 heavy (non-hydrogen) atoms. The van der Waals surface area contributed by atoms with Gasteiger partial charge in [0.1, 0.15) is 11.6 Å². The molecule has 0 radical (unpaired) electrons. The highest BCUT2D eigenvalue weighted by Crippen LogP contribution is 2.10. The Morgan fingerprint density at radius 1 is 1.10 bits per heavy atom. The first-order valence-electron chi connectivity index (χ1n) is 6.70. The van der Waals surface area contributed by atoms with E-state index >= 15 is 0 Å². The number of nitrogens with one attached hydrogen (secondary N) is 2. The van der Waals surface area contributed by atoms with Gasteiger partial charge in [0.25, 0.3) is 0 Å². The van der Waals surface area contributed by atoms with Gasteiger partial charge in [-0.1, -0.05) is 0 Å². The third-order valence-electron chi connectivity index (χ3n) is 2.54. The summed E-state index contributed by atoms with van der Waals surface area (Å²) in [7, 11) is 0. The number of carboxylic acid groups (broad SMARTS) is 1. The Hall–Kier alpha value is -2.31. The second kappa shape index (κ2) is 9.57. The van der Waals surface area contributed by atoms with Crippen molar-refractivity contribution in [2.24, 2.45) is 0 Å². The van der Waals surface area contributed by atoms with E-state index in [1.165, 1.54) is 24.3 Å². The molecule has 0 aliphatic carbocycles. The minimum absolute atomic E-state index is 0.0335. The molecule has 0 bridgehead atoms. The van der Waals surface area contributed by atoms with Crippen molar-refractivity contribution in [3.05, 3.63) is 30.1 Å². The van der Waals surface area contributed by atoms with Crippen molar-refractivity contribution in [2.45, 2.75) is 19.3 Å². The van der Waals surface area contributed by atoms with Gasteiger partial charge >= 0.3 is 12.0 Å². The van der Waals surface area contributed by atoms with Gasteiger partial charge in [-0.3, -0.25) is 4.79 Å². The molecule has 1 aromatic rings. The van der Waals surface area contributed by atoms with Crippen LogP contribution in [-0.2, 0) is 4.79 Å². The van der Waals surface area contributed by atoms with E-state index in [9.17, 15) is 14.0 Å². The van der Waals surface area contributed by atoms with Gasteiger partial charge in [-0.2, -0.15) is 0 Å². The molecular formula is C14H19FN2O4. The van der Waals surface area contributed by atoms with E-state index in [-0.39, 0.29) is 18.3 Å². The Morgan fingerprint density at radius 2 is 1.71 bits per heavy atom. The summed E-state index contributed by atoms with van der Waals surface area (Å²) >= 11 is 0. The van der Waals surface area contributed by atoms with Crippen LogP contribution in [0.2, 0.25) is 0 Å². The molecule has 0 aliphatic rings. The van der Waals surface area contributed by atoms with Crippen LogP contribution in [0.1, 0.15) is 19.3 Å². The first-order chi connectivity index (χ1) is 10.1.